The van der Waals surface area contributed by atoms with Gasteiger partial charge in [0.25, 0.3) is 0 Å². The van der Waals surface area contributed by atoms with Crippen LogP contribution >= 0.6 is 12.6 Å². The Bertz CT molecular complexity index is 149. The van der Waals surface area contributed by atoms with Crippen molar-refractivity contribution in [1.82, 2.24) is 5.32 Å². The van der Waals surface area contributed by atoms with Crippen molar-refractivity contribution in [2.24, 2.45) is 0 Å². The summed E-state index contributed by atoms with van der Waals surface area (Å²) >= 11 is 3.71. The number of thiol groups is 1. The summed E-state index contributed by atoms with van der Waals surface area (Å²) in [5.41, 5.74) is 0. The molecule has 0 aromatic rings. The number of nitrogens with one attached hydrogen (secondary N) is 1. The van der Waals surface area contributed by atoms with Crippen molar-refractivity contribution < 1.29 is 14.3 Å². The van der Waals surface area contributed by atoms with Gasteiger partial charge in [0.2, 0.25) is 5.91 Å². The van der Waals surface area contributed by atoms with Crippen molar-refractivity contribution in [2.45, 2.75) is 6.92 Å². The molecule has 1 amide bonds. The summed E-state index contributed by atoms with van der Waals surface area (Å²) in [5, 5.41) is 2.33. The molecule has 0 fully saturated rings. The molecular formula is C6H11NO3S. The molecule has 0 spiro atoms. The van der Waals surface area contributed by atoms with E-state index in [0.717, 1.165) is 0 Å². The van der Waals surface area contributed by atoms with Gasteiger partial charge >= 0.3 is 5.97 Å². The van der Waals surface area contributed by atoms with Crippen LogP contribution in [0.1, 0.15) is 6.92 Å². The fourth-order valence-corrected chi connectivity index (χ4v) is 0.550. The van der Waals surface area contributed by atoms with Gasteiger partial charge < -0.3 is 10.1 Å². The number of rotatable bonds is 4. The largest absolute Gasteiger partial charge is 0.465 e. The number of ether oxygens (including phenoxy) is 1. The molecule has 0 saturated carbocycles. The van der Waals surface area contributed by atoms with Crippen molar-refractivity contribution in [3.8, 4) is 0 Å². The Morgan fingerprint density at radius 2 is 2.18 bits per heavy atom. The number of hydrogen-bond donors (Lipinski definition) is 2. The Balaban J connectivity index is 3.38. The van der Waals surface area contributed by atoms with Gasteiger partial charge in [0.1, 0.15) is 6.54 Å². The average molecular weight is 177 g/mol. The summed E-state index contributed by atoms with van der Waals surface area (Å²) in [5.74, 6) is -0.622. The lowest BCUT2D eigenvalue weighted by Crippen LogP contribution is -2.31. The van der Waals surface area contributed by atoms with Gasteiger partial charge in [-0.3, -0.25) is 9.59 Å². The second kappa shape index (κ2) is 6.03. The Hall–Kier alpha value is -0.710. The zero-order chi connectivity index (χ0) is 8.69. The van der Waals surface area contributed by atoms with Crippen LogP contribution in [-0.4, -0.2) is 30.8 Å². The molecule has 0 aliphatic heterocycles. The summed E-state index contributed by atoms with van der Waals surface area (Å²) in [7, 11) is 0. The van der Waals surface area contributed by atoms with Crippen molar-refractivity contribution in [1.29, 1.82) is 0 Å². The van der Waals surface area contributed by atoms with E-state index in [4.69, 9.17) is 0 Å². The highest BCUT2D eigenvalue weighted by Crippen LogP contribution is 1.77. The normalized spacial score (nSPS) is 8.91. The van der Waals surface area contributed by atoms with Crippen molar-refractivity contribution in [3.63, 3.8) is 0 Å². The van der Waals surface area contributed by atoms with Crippen molar-refractivity contribution in [2.75, 3.05) is 18.9 Å². The second-order valence-corrected chi connectivity index (χ2v) is 2.06. The Labute approximate surface area is 70.7 Å². The van der Waals surface area contributed by atoms with Gasteiger partial charge in [0.15, 0.2) is 0 Å². The third kappa shape index (κ3) is 5.72. The van der Waals surface area contributed by atoms with E-state index < -0.39 is 5.97 Å². The van der Waals surface area contributed by atoms with Gasteiger partial charge in [-0.05, 0) is 6.92 Å². The SMILES string of the molecule is CCOC(=O)CNC(=O)CS. The van der Waals surface area contributed by atoms with E-state index in [1.54, 1.807) is 6.92 Å². The monoisotopic (exact) mass is 177 g/mol. The first-order valence-corrected chi connectivity index (χ1v) is 3.87. The van der Waals surface area contributed by atoms with Crippen LogP contribution in [0.5, 0.6) is 0 Å². The lowest BCUT2D eigenvalue weighted by Gasteiger charge is -2.01. The Morgan fingerprint density at radius 1 is 1.55 bits per heavy atom. The first-order chi connectivity index (χ1) is 5.20. The van der Waals surface area contributed by atoms with Crippen LogP contribution in [0, 0.1) is 0 Å². The molecular weight excluding hydrogens is 166 g/mol. The molecule has 0 aliphatic carbocycles. The van der Waals surface area contributed by atoms with E-state index in [1.807, 2.05) is 0 Å². The second-order valence-electron chi connectivity index (χ2n) is 1.74. The quantitative estimate of drug-likeness (QED) is 0.453. The zero-order valence-electron chi connectivity index (χ0n) is 6.29. The standard InChI is InChI=1S/C6H11NO3S/c1-2-10-6(9)3-7-5(8)4-11/h11H,2-4H2,1H3,(H,7,8). The molecule has 4 nitrogen and oxygen atoms in total. The minimum atomic E-state index is -0.428. The molecule has 0 aromatic heterocycles. The summed E-state index contributed by atoms with van der Waals surface area (Å²) in [6.45, 7) is 1.96. The van der Waals surface area contributed by atoms with E-state index >= 15 is 0 Å². The first kappa shape index (κ1) is 10.3. The number of esters is 1. The van der Waals surface area contributed by atoms with Crippen LogP contribution in [0.4, 0.5) is 0 Å². The maximum atomic E-state index is 10.6. The average Bonchev–Trinajstić information content (AvgIpc) is 2.01. The van der Waals surface area contributed by atoms with Gasteiger partial charge in [-0.1, -0.05) is 0 Å². The zero-order valence-corrected chi connectivity index (χ0v) is 7.19. The Kier molecular flexibility index (Phi) is 5.64. The third-order valence-electron chi connectivity index (χ3n) is 0.879. The highest BCUT2D eigenvalue weighted by molar-refractivity contribution is 7.81. The van der Waals surface area contributed by atoms with Crippen LogP contribution in [0.15, 0.2) is 0 Å². The molecule has 0 bridgehead atoms. The summed E-state index contributed by atoms with van der Waals surface area (Å²) in [6.07, 6.45) is 0. The van der Waals surface area contributed by atoms with Gasteiger partial charge in [0, 0.05) is 0 Å². The summed E-state index contributed by atoms with van der Waals surface area (Å²) in [4.78, 5) is 21.1. The van der Waals surface area contributed by atoms with E-state index in [-0.39, 0.29) is 18.2 Å². The van der Waals surface area contributed by atoms with Gasteiger partial charge in [-0.2, -0.15) is 12.6 Å². The van der Waals surface area contributed by atoms with Crippen LogP contribution in [0.2, 0.25) is 0 Å². The van der Waals surface area contributed by atoms with Crippen LogP contribution in [-0.2, 0) is 14.3 Å². The molecule has 0 aliphatic rings. The smallest absolute Gasteiger partial charge is 0.325 e. The molecule has 0 rings (SSSR count). The van der Waals surface area contributed by atoms with E-state index in [9.17, 15) is 9.59 Å². The van der Waals surface area contributed by atoms with Crippen LogP contribution < -0.4 is 5.32 Å². The number of carbonyl (C=O) groups excluding carboxylic acids is 2. The molecule has 0 aromatic carbocycles. The maximum absolute atomic E-state index is 10.6. The molecule has 0 radical (unpaired) electrons. The molecule has 0 atom stereocenters. The predicted molar refractivity (Wildman–Crippen MR) is 43.5 cm³/mol. The fourth-order valence-electron chi connectivity index (χ4n) is 0.439. The topological polar surface area (TPSA) is 55.4 Å². The lowest BCUT2D eigenvalue weighted by atomic mass is 10.6. The molecule has 0 saturated heterocycles. The minimum absolute atomic E-state index is 0.0762. The van der Waals surface area contributed by atoms with Gasteiger partial charge in [0.05, 0.1) is 12.4 Å². The third-order valence-corrected chi connectivity index (χ3v) is 1.17. The first-order valence-electron chi connectivity index (χ1n) is 3.24. The minimum Gasteiger partial charge on any atom is -0.465 e. The number of carbonyl (C=O) groups is 2. The van der Waals surface area contributed by atoms with E-state index in [2.05, 4.69) is 22.7 Å². The predicted octanol–water partition coefficient (Wildman–Crippen LogP) is -0.404. The fraction of sp³-hybridized carbons (Fsp3) is 0.667. The number of hydrogen-bond acceptors (Lipinski definition) is 4. The van der Waals surface area contributed by atoms with E-state index in [1.165, 1.54) is 0 Å². The molecule has 5 heteroatoms. The van der Waals surface area contributed by atoms with Crippen LogP contribution in [0.25, 0.3) is 0 Å². The van der Waals surface area contributed by atoms with Gasteiger partial charge in [-0.25, -0.2) is 0 Å². The van der Waals surface area contributed by atoms with Crippen molar-refractivity contribution >= 4 is 24.5 Å². The molecule has 0 heterocycles. The summed E-state index contributed by atoms with van der Waals surface area (Å²) < 4.78 is 4.56. The Morgan fingerprint density at radius 3 is 2.64 bits per heavy atom. The molecule has 0 unspecified atom stereocenters. The highest BCUT2D eigenvalue weighted by Gasteiger charge is 2.02. The van der Waals surface area contributed by atoms with Crippen LogP contribution in [0.3, 0.4) is 0 Å². The lowest BCUT2D eigenvalue weighted by molar-refractivity contribution is -0.143. The number of amides is 1. The van der Waals surface area contributed by atoms with E-state index in [0.29, 0.717) is 6.61 Å². The highest BCUT2D eigenvalue weighted by atomic mass is 32.1. The van der Waals surface area contributed by atoms with Crippen molar-refractivity contribution in [3.05, 3.63) is 0 Å². The maximum Gasteiger partial charge on any atom is 0.325 e. The molecule has 11 heavy (non-hydrogen) atoms. The molecule has 64 valence electrons. The van der Waals surface area contributed by atoms with Gasteiger partial charge in [-0.15, -0.1) is 0 Å². The molecule has 1 N–H and O–H groups in total. The summed E-state index contributed by atoms with van der Waals surface area (Å²) in [6, 6.07) is 0.